The topological polar surface area (TPSA) is 50.9 Å². The normalized spacial score (nSPS) is 18.9. The zero-order chi connectivity index (χ0) is 12.1. The number of anilines is 1. The summed E-state index contributed by atoms with van der Waals surface area (Å²) >= 11 is 3.39. The minimum Gasteiger partial charge on any atom is -0.366 e. The monoisotopic (exact) mass is 297 g/mol. The highest BCUT2D eigenvalue weighted by Gasteiger charge is 2.22. The van der Waals surface area contributed by atoms with E-state index in [0.717, 1.165) is 10.3 Å². The van der Waals surface area contributed by atoms with Gasteiger partial charge in [-0.2, -0.15) is 0 Å². The van der Waals surface area contributed by atoms with Crippen molar-refractivity contribution in [2.45, 2.75) is 38.1 Å². The second kappa shape index (κ2) is 6.36. The molecule has 1 saturated carbocycles. The van der Waals surface area contributed by atoms with Crippen LogP contribution in [0.4, 0.5) is 5.82 Å². The van der Waals surface area contributed by atoms with Crippen LogP contribution < -0.4 is 11.1 Å². The molecule has 4 heteroatoms. The van der Waals surface area contributed by atoms with E-state index >= 15 is 0 Å². The number of nitrogens with one attached hydrogen (secondary N) is 1. The molecule has 3 N–H and O–H groups in total. The van der Waals surface area contributed by atoms with Crippen molar-refractivity contribution in [3.63, 3.8) is 0 Å². The Morgan fingerprint density at radius 1 is 1.35 bits per heavy atom. The molecule has 1 unspecified atom stereocenters. The van der Waals surface area contributed by atoms with Crippen LogP contribution in [-0.4, -0.2) is 17.6 Å². The fourth-order valence-corrected chi connectivity index (χ4v) is 2.79. The van der Waals surface area contributed by atoms with Crippen molar-refractivity contribution in [2.75, 3.05) is 11.9 Å². The van der Waals surface area contributed by atoms with Crippen LogP contribution in [0, 0.1) is 5.92 Å². The molecule has 1 aromatic heterocycles. The first-order valence-electron chi connectivity index (χ1n) is 6.38. The zero-order valence-electron chi connectivity index (χ0n) is 10.0. The first kappa shape index (κ1) is 12.8. The Bertz CT molecular complexity index is 333. The summed E-state index contributed by atoms with van der Waals surface area (Å²) in [5, 5.41) is 3.47. The van der Waals surface area contributed by atoms with Gasteiger partial charge < -0.3 is 11.1 Å². The van der Waals surface area contributed by atoms with Crippen molar-refractivity contribution in [3.8, 4) is 0 Å². The van der Waals surface area contributed by atoms with E-state index in [0.29, 0.717) is 18.5 Å². The highest BCUT2D eigenvalue weighted by Crippen LogP contribution is 2.27. The van der Waals surface area contributed by atoms with Gasteiger partial charge in [-0.3, -0.25) is 0 Å². The van der Waals surface area contributed by atoms with Gasteiger partial charge in [-0.1, -0.05) is 19.3 Å². The number of nitrogens with two attached hydrogens (primary N) is 1. The molecule has 17 heavy (non-hydrogen) atoms. The molecule has 0 aromatic carbocycles. The zero-order valence-corrected chi connectivity index (χ0v) is 11.6. The maximum Gasteiger partial charge on any atom is 0.126 e. The third-order valence-electron chi connectivity index (χ3n) is 3.53. The van der Waals surface area contributed by atoms with Crippen LogP contribution in [0.5, 0.6) is 0 Å². The van der Waals surface area contributed by atoms with Gasteiger partial charge in [0.1, 0.15) is 5.82 Å². The smallest absolute Gasteiger partial charge is 0.126 e. The number of hydrogen-bond acceptors (Lipinski definition) is 3. The summed E-state index contributed by atoms with van der Waals surface area (Å²) in [6, 6.07) is 4.36. The lowest BCUT2D eigenvalue weighted by Gasteiger charge is -2.30. The Labute approximate surface area is 111 Å². The molecular formula is C13H20BrN3. The predicted molar refractivity (Wildman–Crippen MR) is 75.0 cm³/mol. The highest BCUT2D eigenvalue weighted by molar-refractivity contribution is 9.10. The van der Waals surface area contributed by atoms with Crippen molar-refractivity contribution in [1.82, 2.24) is 4.98 Å². The summed E-state index contributed by atoms with van der Waals surface area (Å²) in [5.74, 6) is 1.63. The van der Waals surface area contributed by atoms with E-state index in [2.05, 4.69) is 26.2 Å². The summed E-state index contributed by atoms with van der Waals surface area (Å²) in [6.45, 7) is 0.683. The lowest BCUT2D eigenvalue weighted by molar-refractivity contribution is 0.320. The molecule has 1 aliphatic rings. The second-order valence-electron chi connectivity index (χ2n) is 4.75. The van der Waals surface area contributed by atoms with Crippen molar-refractivity contribution in [2.24, 2.45) is 11.7 Å². The average Bonchev–Trinajstić information content (AvgIpc) is 2.39. The fraction of sp³-hybridized carbons (Fsp3) is 0.615. The number of rotatable bonds is 4. The largest absolute Gasteiger partial charge is 0.366 e. The van der Waals surface area contributed by atoms with E-state index in [1.807, 2.05) is 18.3 Å². The number of nitrogens with zero attached hydrogens (tertiary/aromatic N) is 1. The lowest BCUT2D eigenvalue weighted by Crippen LogP contribution is -2.37. The Kier molecular flexibility index (Phi) is 4.80. The molecule has 94 valence electrons. The molecule has 1 atom stereocenters. The average molecular weight is 298 g/mol. The van der Waals surface area contributed by atoms with Crippen LogP contribution >= 0.6 is 15.9 Å². The van der Waals surface area contributed by atoms with Gasteiger partial charge in [-0.05, 0) is 46.8 Å². The molecule has 0 amide bonds. The summed E-state index contributed by atoms with van der Waals surface area (Å²) < 4.78 is 1.00. The molecule has 1 aromatic rings. The standard InChI is InChI=1S/C13H20BrN3/c14-11-6-7-13(16-9-11)17-12(8-15)10-4-2-1-3-5-10/h6-7,9-10,12H,1-5,8,15H2,(H,16,17). The molecule has 3 nitrogen and oxygen atoms in total. The molecule has 0 saturated heterocycles. The SMILES string of the molecule is NCC(Nc1ccc(Br)cn1)C1CCCCC1. The van der Waals surface area contributed by atoms with Gasteiger partial charge in [0.25, 0.3) is 0 Å². The quantitative estimate of drug-likeness (QED) is 0.897. The van der Waals surface area contributed by atoms with Crippen molar-refractivity contribution >= 4 is 21.7 Å². The maximum absolute atomic E-state index is 5.88. The Balaban J connectivity index is 1.96. The Morgan fingerprint density at radius 3 is 2.71 bits per heavy atom. The molecule has 0 radical (unpaired) electrons. The maximum atomic E-state index is 5.88. The minimum absolute atomic E-state index is 0.365. The fourth-order valence-electron chi connectivity index (χ4n) is 2.56. The van der Waals surface area contributed by atoms with E-state index < -0.39 is 0 Å². The van der Waals surface area contributed by atoms with Crippen molar-refractivity contribution in [1.29, 1.82) is 0 Å². The molecule has 1 fully saturated rings. The highest BCUT2D eigenvalue weighted by atomic mass is 79.9. The number of halogens is 1. The molecule has 1 heterocycles. The Morgan fingerprint density at radius 2 is 2.12 bits per heavy atom. The van der Waals surface area contributed by atoms with Gasteiger partial charge >= 0.3 is 0 Å². The third kappa shape index (κ3) is 3.68. The van der Waals surface area contributed by atoms with Crippen LogP contribution in [0.2, 0.25) is 0 Å². The van der Waals surface area contributed by atoms with E-state index in [4.69, 9.17) is 5.73 Å². The summed E-state index contributed by atoms with van der Waals surface area (Å²) in [5.41, 5.74) is 5.88. The van der Waals surface area contributed by atoms with Gasteiger partial charge in [-0.15, -0.1) is 0 Å². The summed E-state index contributed by atoms with van der Waals surface area (Å²) in [6.07, 6.45) is 8.48. The summed E-state index contributed by atoms with van der Waals surface area (Å²) in [7, 11) is 0. The number of hydrogen-bond donors (Lipinski definition) is 2. The van der Waals surface area contributed by atoms with Gasteiger partial charge in [0.15, 0.2) is 0 Å². The van der Waals surface area contributed by atoms with Gasteiger partial charge in [0, 0.05) is 23.3 Å². The lowest BCUT2D eigenvalue weighted by atomic mass is 9.84. The first-order valence-corrected chi connectivity index (χ1v) is 7.17. The van der Waals surface area contributed by atoms with Crippen LogP contribution in [0.25, 0.3) is 0 Å². The van der Waals surface area contributed by atoms with E-state index in [-0.39, 0.29) is 0 Å². The van der Waals surface area contributed by atoms with Crippen LogP contribution in [-0.2, 0) is 0 Å². The minimum atomic E-state index is 0.365. The molecule has 2 rings (SSSR count). The van der Waals surface area contributed by atoms with Gasteiger partial charge in [0.05, 0.1) is 0 Å². The van der Waals surface area contributed by atoms with Gasteiger partial charge in [0.2, 0.25) is 0 Å². The van der Waals surface area contributed by atoms with E-state index in [9.17, 15) is 0 Å². The van der Waals surface area contributed by atoms with Crippen LogP contribution in [0.15, 0.2) is 22.8 Å². The van der Waals surface area contributed by atoms with Crippen molar-refractivity contribution in [3.05, 3.63) is 22.8 Å². The number of pyridine rings is 1. The van der Waals surface area contributed by atoms with Gasteiger partial charge in [-0.25, -0.2) is 4.98 Å². The van der Waals surface area contributed by atoms with E-state index in [1.54, 1.807) is 0 Å². The molecule has 0 bridgehead atoms. The third-order valence-corrected chi connectivity index (χ3v) is 4.00. The van der Waals surface area contributed by atoms with Crippen LogP contribution in [0.1, 0.15) is 32.1 Å². The van der Waals surface area contributed by atoms with Crippen LogP contribution in [0.3, 0.4) is 0 Å². The first-order chi connectivity index (χ1) is 8.29. The van der Waals surface area contributed by atoms with Crippen molar-refractivity contribution < 1.29 is 0 Å². The molecule has 0 aliphatic heterocycles. The number of aromatic nitrogens is 1. The van der Waals surface area contributed by atoms with E-state index in [1.165, 1.54) is 32.1 Å². The predicted octanol–water partition coefficient (Wildman–Crippen LogP) is 3.16. The summed E-state index contributed by atoms with van der Waals surface area (Å²) in [4.78, 5) is 4.35. The second-order valence-corrected chi connectivity index (χ2v) is 5.66. The Hall–Kier alpha value is -0.610. The molecule has 1 aliphatic carbocycles. The molecular weight excluding hydrogens is 278 g/mol. The molecule has 0 spiro atoms.